The van der Waals surface area contributed by atoms with Gasteiger partial charge in [-0.25, -0.2) is 4.79 Å². The molecule has 4 nitrogen and oxygen atoms in total. The van der Waals surface area contributed by atoms with E-state index in [9.17, 15) is 4.79 Å². The molecular weight excluding hydrogens is 294 g/mol. The van der Waals surface area contributed by atoms with E-state index in [1.54, 1.807) is 0 Å². The Labute approximate surface area is 135 Å². The van der Waals surface area contributed by atoms with Crippen molar-refractivity contribution in [3.8, 4) is 0 Å². The van der Waals surface area contributed by atoms with Crippen LogP contribution >= 0.6 is 11.8 Å². The topological polar surface area (TPSA) is 56.9 Å². The van der Waals surface area contributed by atoms with Crippen LogP contribution in [0.15, 0.2) is 30.5 Å². The van der Waals surface area contributed by atoms with Crippen molar-refractivity contribution in [2.45, 2.75) is 37.4 Å². The second-order valence-electron chi connectivity index (χ2n) is 5.79. The number of benzene rings is 1. The van der Waals surface area contributed by atoms with Gasteiger partial charge in [0.25, 0.3) is 0 Å². The normalized spacial score (nSPS) is 15.8. The molecule has 2 aromatic rings. The molecule has 1 aromatic carbocycles. The smallest absolute Gasteiger partial charge is 0.319 e. The molecular formula is C17H23N3OS. The third-order valence-electron chi connectivity index (χ3n) is 4.10. The predicted molar refractivity (Wildman–Crippen MR) is 94.7 cm³/mol. The highest BCUT2D eigenvalue weighted by Gasteiger charge is 2.13. The van der Waals surface area contributed by atoms with Gasteiger partial charge in [0.2, 0.25) is 0 Å². The number of rotatable bonds is 5. The Kier molecular flexibility index (Phi) is 5.27. The zero-order chi connectivity index (χ0) is 15.2. The molecule has 2 amide bonds. The van der Waals surface area contributed by atoms with Gasteiger partial charge in [-0.05, 0) is 37.1 Å². The van der Waals surface area contributed by atoms with Crippen LogP contribution in [-0.4, -0.2) is 28.6 Å². The third-order valence-corrected chi connectivity index (χ3v) is 5.49. The van der Waals surface area contributed by atoms with Crippen molar-refractivity contribution in [3.05, 3.63) is 30.5 Å². The number of anilines is 1. The predicted octanol–water partition coefficient (Wildman–Crippen LogP) is 4.36. The molecule has 1 fully saturated rings. The lowest BCUT2D eigenvalue weighted by atomic mass is 10.0. The number of carbonyl (C=O) groups is 1. The summed E-state index contributed by atoms with van der Waals surface area (Å²) in [5, 5.41) is 7.73. The monoisotopic (exact) mass is 317 g/mol. The highest BCUT2D eigenvalue weighted by molar-refractivity contribution is 7.99. The molecule has 0 saturated heterocycles. The molecule has 1 heterocycles. The lowest BCUT2D eigenvalue weighted by Gasteiger charge is -2.20. The van der Waals surface area contributed by atoms with Gasteiger partial charge in [-0.1, -0.05) is 19.3 Å². The lowest BCUT2D eigenvalue weighted by Crippen LogP contribution is -2.30. The number of carbonyl (C=O) groups excluding carboxylic acids is 1. The molecule has 5 heteroatoms. The summed E-state index contributed by atoms with van der Waals surface area (Å²) in [6.45, 7) is 0.722. The van der Waals surface area contributed by atoms with Crippen molar-refractivity contribution in [2.75, 3.05) is 17.6 Å². The molecule has 0 atom stereocenters. The van der Waals surface area contributed by atoms with Gasteiger partial charge >= 0.3 is 6.03 Å². The van der Waals surface area contributed by atoms with Crippen molar-refractivity contribution in [1.82, 2.24) is 10.3 Å². The number of nitrogens with one attached hydrogen (secondary N) is 3. The first-order chi connectivity index (χ1) is 10.8. The van der Waals surface area contributed by atoms with Crippen molar-refractivity contribution in [3.63, 3.8) is 0 Å². The van der Waals surface area contributed by atoms with Crippen LogP contribution in [0.2, 0.25) is 0 Å². The zero-order valence-corrected chi connectivity index (χ0v) is 13.5. The molecule has 0 radical (unpaired) electrons. The van der Waals surface area contributed by atoms with E-state index in [1.807, 2.05) is 42.2 Å². The summed E-state index contributed by atoms with van der Waals surface area (Å²) in [4.78, 5) is 15.0. The summed E-state index contributed by atoms with van der Waals surface area (Å²) in [5.74, 6) is 0.995. The number of fused-ring (bicyclic) bond motifs is 1. The summed E-state index contributed by atoms with van der Waals surface area (Å²) in [6.07, 6.45) is 8.71. The molecule has 1 aliphatic carbocycles. The first-order valence-corrected chi connectivity index (χ1v) is 9.10. The molecule has 1 aliphatic rings. The van der Waals surface area contributed by atoms with Crippen molar-refractivity contribution in [2.24, 2.45) is 0 Å². The Morgan fingerprint density at radius 2 is 2.09 bits per heavy atom. The van der Waals surface area contributed by atoms with Gasteiger partial charge in [0.1, 0.15) is 0 Å². The van der Waals surface area contributed by atoms with E-state index in [0.717, 1.165) is 34.1 Å². The van der Waals surface area contributed by atoms with Gasteiger partial charge in [0.05, 0.1) is 0 Å². The molecule has 0 unspecified atom stereocenters. The highest BCUT2D eigenvalue weighted by Crippen LogP contribution is 2.27. The molecule has 1 aromatic heterocycles. The Balaban J connectivity index is 1.38. The molecule has 1 saturated carbocycles. The fraction of sp³-hybridized carbons (Fsp3) is 0.471. The van der Waals surface area contributed by atoms with Gasteiger partial charge in [-0.3, -0.25) is 0 Å². The van der Waals surface area contributed by atoms with Gasteiger partial charge in [0.15, 0.2) is 0 Å². The summed E-state index contributed by atoms with van der Waals surface area (Å²) in [6, 6.07) is 7.74. The van der Waals surface area contributed by atoms with Crippen LogP contribution in [0.4, 0.5) is 10.5 Å². The number of hydrogen-bond donors (Lipinski definition) is 3. The second kappa shape index (κ2) is 7.58. The molecule has 3 rings (SSSR count). The molecule has 3 N–H and O–H groups in total. The van der Waals surface area contributed by atoms with Crippen molar-refractivity contribution >= 4 is 34.4 Å². The Bertz CT molecular complexity index is 619. The maximum absolute atomic E-state index is 11.9. The number of amides is 2. The SMILES string of the molecule is O=C(NCCSC1CCCCC1)Nc1ccc2[nH]ccc2c1. The van der Waals surface area contributed by atoms with Gasteiger partial charge in [0, 0.05) is 40.3 Å². The Morgan fingerprint density at radius 3 is 2.95 bits per heavy atom. The van der Waals surface area contributed by atoms with Crippen LogP contribution in [0.3, 0.4) is 0 Å². The minimum absolute atomic E-state index is 0.126. The summed E-state index contributed by atoms with van der Waals surface area (Å²) in [7, 11) is 0. The zero-order valence-electron chi connectivity index (χ0n) is 12.7. The van der Waals surface area contributed by atoms with Crippen LogP contribution in [-0.2, 0) is 0 Å². The van der Waals surface area contributed by atoms with Crippen molar-refractivity contribution in [1.29, 1.82) is 0 Å². The minimum atomic E-state index is -0.126. The fourth-order valence-corrected chi connectivity index (χ4v) is 4.15. The molecule has 0 aliphatic heterocycles. The second-order valence-corrected chi connectivity index (χ2v) is 7.20. The van der Waals surface area contributed by atoms with E-state index in [2.05, 4.69) is 15.6 Å². The van der Waals surface area contributed by atoms with E-state index in [4.69, 9.17) is 0 Å². The first kappa shape index (κ1) is 15.3. The average Bonchev–Trinajstić information content (AvgIpc) is 3.00. The van der Waals surface area contributed by atoms with Gasteiger partial charge in [-0.15, -0.1) is 0 Å². The standard InChI is InChI=1S/C17H23N3OS/c21-17(19-10-11-22-15-4-2-1-3-5-15)20-14-6-7-16-13(12-14)8-9-18-16/h6-9,12,15,18H,1-5,10-11H2,(H2,19,20,21). The summed E-state index contributed by atoms with van der Waals surface area (Å²) >= 11 is 2.00. The quantitative estimate of drug-likeness (QED) is 0.718. The largest absolute Gasteiger partial charge is 0.361 e. The fourth-order valence-electron chi connectivity index (χ4n) is 2.93. The molecule has 22 heavy (non-hydrogen) atoms. The van der Waals surface area contributed by atoms with Crippen LogP contribution < -0.4 is 10.6 Å². The van der Waals surface area contributed by atoms with Crippen LogP contribution in [0.1, 0.15) is 32.1 Å². The number of thioether (sulfide) groups is 1. The Morgan fingerprint density at radius 1 is 1.23 bits per heavy atom. The third kappa shape index (κ3) is 4.19. The number of urea groups is 1. The van der Waals surface area contributed by atoms with Crippen LogP contribution in [0.25, 0.3) is 10.9 Å². The average molecular weight is 317 g/mol. The van der Waals surface area contributed by atoms with Crippen LogP contribution in [0, 0.1) is 0 Å². The maximum atomic E-state index is 11.9. The minimum Gasteiger partial charge on any atom is -0.361 e. The molecule has 0 spiro atoms. The lowest BCUT2D eigenvalue weighted by molar-refractivity contribution is 0.252. The van der Waals surface area contributed by atoms with Crippen molar-refractivity contribution < 1.29 is 4.79 Å². The maximum Gasteiger partial charge on any atom is 0.319 e. The Hall–Kier alpha value is -1.62. The van der Waals surface area contributed by atoms with Gasteiger partial charge in [-0.2, -0.15) is 11.8 Å². The number of H-pyrrole nitrogens is 1. The van der Waals surface area contributed by atoms with E-state index >= 15 is 0 Å². The number of aromatic nitrogens is 1. The van der Waals surface area contributed by atoms with E-state index in [-0.39, 0.29) is 6.03 Å². The molecule has 0 bridgehead atoms. The van der Waals surface area contributed by atoms with E-state index in [1.165, 1.54) is 32.1 Å². The van der Waals surface area contributed by atoms with Gasteiger partial charge < -0.3 is 15.6 Å². The highest BCUT2D eigenvalue weighted by atomic mass is 32.2. The van der Waals surface area contributed by atoms with E-state index in [0.29, 0.717) is 0 Å². The summed E-state index contributed by atoms with van der Waals surface area (Å²) < 4.78 is 0. The summed E-state index contributed by atoms with van der Waals surface area (Å²) in [5.41, 5.74) is 1.90. The van der Waals surface area contributed by atoms with E-state index < -0.39 is 0 Å². The molecule has 118 valence electrons. The van der Waals surface area contributed by atoms with Crippen LogP contribution in [0.5, 0.6) is 0 Å². The first-order valence-electron chi connectivity index (χ1n) is 8.05. The number of hydrogen-bond acceptors (Lipinski definition) is 2. The number of aromatic amines is 1.